The highest BCUT2D eigenvalue weighted by molar-refractivity contribution is 8.18. The molecule has 1 aromatic heterocycles. The van der Waals surface area contributed by atoms with Crippen molar-refractivity contribution in [1.82, 2.24) is 4.90 Å². The third-order valence-electron chi connectivity index (χ3n) is 3.09. The summed E-state index contributed by atoms with van der Waals surface area (Å²) in [4.78, 5) is 19.2. The lowest BCUT2D eigenvalue weighted by Crippen LogP contribution is -2.28. The predicted molar refractivity (Wildman–Crippen MR) is 90.2 cm³/mol. The van der Waals surface area contributed by atoms with Gasteiger partial charge in [0.15, 0.2) is 5.17 Å². The molecule has 0 aliphatic carbocycles. The number of carbonyl (C=O) groups excluding carboxylic acids is 1. The summed E-state index contributed by atoms with van der Waals surface area (Å²) >= 11 is 7.45. The van der Waals surface area contributed by atoms with Gasteiger partial charge in [-0.15, -0.1) is 0 Å². The zero-order valence-electron chi connectivity index (χ0n) is 11.8. The van der Waals surface area contributed by atoms with E-state index >= 15 is 0 Å². The third kappa shape index (κ3) is 2.96. The van der Waals surface area contributed by atoms with Crippen LogP contribution in [0.3, 0.4) is 0 Å². The number of hydrogen-bond donors (Lipinski definition) is 0. The van der Waals surface area contributed by atoms with Gasteiger partial charge in [0.25, 0.3) is 5.91 Å². The molecule has 0 atom stereocenters. The summed E-state index contributed by atoms with van der Waals surface area (Å²) in [6.07, 6.45) is 3.30. The lowest BCUT2D eigenvalue weighted by molar-refractivity contribution is -0.122. The molecule has 2 aromatic rings. The SMILES string of the molecule is CCN1C(=O)/C(=C\c2ccco2)SC1=Nc1ccccc1Cl. The van der Waals surface area contributed by atoms with Crippen LogP contribution in [-0.4, -0.2) is 22.5 Å². The van der Waals surface area contributed by atoms with Gasteiger partial charge in [-0.3, -0.25) is 9.69 Å². The van der Waals surface area contributed by atoms with Gasteiger partial charge in [-0.2, -0.15) is 0 Å². The zero-order chi connectivity index (χ0) is 15.5. The fraction of sp³-hybridized carbons (Fsp3) is 0.125. The van der Waals surface area contributed by atoms with E-state index in [1.54, 1.807) is 35.4 Å². The van der Waals surface area contributed by atoms with Crippen LogP contribution in [0.2, 0.25) is 5.02 Å². The molecule has 0 saturated carbocycles. The maximum absolute atomic E-state index is 12.4. The fourth-order valence-corrected chi connectivity index (χ4v) is 3.23. The number of furan rings is 1. The number of para-hydroxylation sites is 1. The first kappa shape index (κ1) is 14.9. The Morgan fingerprint density at radius 1 is 1.32 bits per heavy atom. The molecule has 0 radical (unpaired) electrons. The van der Waals surface area contributed by atoms with Crippen LogP contribution in [0.15, 0.2) is 57.0 Å². The third-order valence-corrected chi connectivity index (χ3v) is 4.42. The van der Waals surface area contributed by atoms with Crippen molar-refractivity contribution in [2.24, 2.45) is 4.99 Å². The average molecular weight is 333 g/mol. The number of amides is 1. The summed E-state index contributed by atoms with van der Waals surface area (Å²) in [5.74, 6) is 0.570. The van der Waals surface area contributed by atoms with Gasteiger partial charge in [-0.25, -0.2) is 4.99 Å². The van der Waals surface area contributed by atoms with E-state index in [9.17, 15) is 4.79 Å². The smallest absolute Gasteiger partial charge is 0.266 e. The highest BCUT2D eigenvalue weighted by Crippen LogP contribution is 2.35. The summed E-state index contributed by atoms with van der Waals surface area (Å²) in [6.45, 7) is 2.46. The second kappa shape index (κ2) is 6.42. The number of thioether (sulfide) groups is 1. The zero-order valence-corrected chi connectivity index (χ0v) is 13.4. The summed E-state index contributed by atoms with van der Waals surface area (Å²) in [5.41, 5.74) is 0.650. The molecule has 1 amide bonds. The van der Waals surface area contributed by atoms with Crippen LogP contribution in [0, 0.1) is 0 Å². The Labute approximate surface area is 137 Å². The second-order valence-electron chi connectivity index (χ2n) is 4.52. The molecule has 6 heteroatoms. The molecule has 0 N–H and O–H groups in total. The molecule has 2 heterocycles. The van der Waals surface area contributed by atoms with Crippen molar-refractivity contribution < 1.29 is 9.21 Å². The fourth-order valence-electron chi connectivity index (χ4n) is 2.02. The lowest BCUT2D eigenvalue weighted by Gasteiger charge is -2.12. The summed E-state index contributed by atoms with van der Waals surface area (Å²) < 4.78 is 5.26. The van der Waals surface area contributed by atoms with Crippen LogP contribution in [0.5, 0.6) is 0 Å². The van der Waals surface area contributed by atoms with Crippen molar-refractivity contribution in [2.45, 2.75) is 6.92 Å². The Kier molecular flexibility index (Phi) is 4.36. The number of amidine groups is 1. The monoisotopic (exact) mass is 332 g/mol. The summed E-state index contributed by atoms with van der Waals surface area (Å²) in [7, 11) is 0. The molecule has 1 aliphatic rings. The van der Waals surface area contributed by atoms with Gasteiger partial charge in [-0.05, 0) is 43.0 Å². The Balaban J connectivity index is 1.95. The van der Waals surface area contributed by atoms with Crippen molar-refractivity contribution in [1.29, 1.82) is 0 Å². The van der Waals surface area contributed by atoms with Crippen LogP contribution in [0.25, 0.3) is 6.08 Å². The van der Waals surface area contributed by atoms with Crippen molar-refractivity contribution >= 4 is 46.2 Å². The summed E-state index contributed by atoms with van der Waals surface area (Å²) in [6, 6.07) is 10.9. The van der Waals surface area contributed by atoms with Crippen molar-refractivity contribution in [3.8, 4) is 0 Å². The quantitative estimate of drug-likeness (QED) is 0.774. The Bertz CT molecular complexity index is 753. The van der Waals surface area contributed by atoms with Crippen LogP contribution in [0.1, 0.15) is 12.7 Å². The highest BCUT2D eigenvalue weighted by atomic mass is 35.5. The number of aliphatic imine (C=N–C) groups is 1. The number of benzene rings is 1. The highest BCUT2D eigenvalue weighted by Gasteiger charge is 2.32. The van der Waals surface area contributed by atoms with Crippen LogP contribution < -0.4 is 0 Å². The van der Waals surface area contributed by atoms with E-state index in [1.165, 1.54) is 11.8 Å². The van der Waals surface area contributed by atoms with Gasteiger partial charge in [0, 0.05) is 12.6 Å². The Hall–Kier alpha value is -1.98. The molecule has 22 heavy (non-hydrogen) atoms. The van der Waals surface area contributed by atoms with Crippen molar-refractivity contribution in [3.63, 3.8) is 0 Å². The molecule has 1 fully saturated rings. The first-order chi connectivity index (χ1) is 10.7. The molecule has 1 aliphatic heterocycles. The maximum atomic E-state index is 12.4. The maximum Gasteiger partial charge on any atom is 0.266 e. The van der Waals surface area contributed by atoms with Gasteiger partial charge >= 0.3 is 0 Å². The Morgan fingerprint density at radius 2 is 2.14 bits per heavy atom. The van der Waals surface area contributed by atoms with Gasteiger partial charge < -0.3 is 4.42 Å². The van der Waals surface area contributed by atoms with E-state index in [0.29, 0.717) is 33.1 Å². The van der Waals surface area contributed by atoms with Gasteiger partial charge in [-0.1, -0.05) is 23.7 Å². The minimum absolute atomic E-state index is 0.0743. The second-order valence-corrected chi connectivity index (χ2v) is 5.94. The molecular weight excluding hydrogens is 320 g/mol. The molecule has 0 unspecified atom stereocenters. The normalized spacial score (nSPS) is 18.6. The summed E-state index contributed by atoms with van der Waals surface area (Å²) in [5, 5.41) is 1.18. The average Bonchev–Trinajstić information content (AvgIpc) is 3.11. The van der Waals surface area contributed by atoms with Gasteiger partial charge in [0.1, 0.15) is 5.76 Å². The van der Waals surface area contributed by atoms with Crippen molar-refractivity contribution in [2.75, 3.05) is 6.54 Å². The first-order valence-electron chi connectivity index (χ1n) is 6.77. The molecule has 3 rings (SSSR count). The molecule has 0 bridgehead atoms. The van der Waals surface area contributed by atoms with E-state index in [0.717, 1.165) is 0 Å². The predicted octanol–water partition coefficient (Wildman–Crippen LogP) is 4.56. The number of nitrogens with zero attached hydrogens (tertiary/aromatic N) is 2. The number of hydrogen-bond acceptors (Lipinski definition) is 4. The molecular formula is C16H13ClN2O2S. The molecule has 0 spiro atoms. The van der Waals surface area contributed by atoms with E-state index in [4.69, 9.17) is 16.0 Å². The largest absolute Gasteiger partial charge is 0.465 e. The first-order valence-corrected chi connectivity index (χ1v) is 7.96. The standard InChI is InChI=1S/C16H13ClN2O2S/c1-2-19-15(20)14(10-11-6-5-9-21-11)22-16(19)18-13-8-4-3-7-12(13)17/h3-10H,2H2,1H3/b14-10+,18-16?. The van der Waals surface area contributed by atoms with E-state index in [2.05, 4.69) is 4.99 Å². The number of rotatable bonds is 3. The van der Waals surface area contributed by atoms with Gasteiger partial charge in [0.2, 0.25) is 0 Å². The van der Waals surface area contributed by atoms with Crippen LogP contribution in [-0.2, 0) is 4.79 Å². The molecule has 1 saturated heterocycles. The van der Waals surface area contributed by atoms with E-state index in [-0.39, 0.29) is 5.91 Å². The van der Waals surface area contributed by atoms with Gasteiger partial charge in [0.05, 0.1) is 21.9 Å². The van der Waals surface area contributed by atoms with E-state index in [1.807, 2.05) is 25.1 Å². The number of carbonyl (C=O) groups is 1. The van der Waals surface area contributed by atoms with Crippen molar-refractivity contribution in [3.05, 3.63) is 58.3 Å². The minimum atomic E-state index is -0.0743. The number of likely N-dealkylation sites (N-methyl/N-ethyl adjacent to an activating group) is 1. The molecule has 4 nitrogen and oxygen atoms in total. The minimum Gasteiger partial charge on any atom is -0.465 e. The topological polar surface area (TPSA) is 45.8 Å². The Morgan fingerprint density at radius 3 is 2.82 bits per heavy atom. The molecule has 1 aromatic carbocycles. The van der Waals surface area contributed by atoms with Crippen LogP contribution in [0.4, 0.5) is 5.69 Å². The lowest BCUT2D eigenvalue weighted by atomic mass is 10.3. The van der Waals surface area contributed by atoms with E-state index < -0.39 is 0 Å². The molecule has 112 valence electrons. The van der Waals surface area contributed by atoms with Crippen LogP contribution >= 0.6 is 23.4 Å². The number of halogens is 1.